The number of carbonyl (C=O) groups is 1. The van der Waals surface area contributed by atoms with Crippen molar-refractivity contribution in [2.24, 2.45) is 10.9 Å². The molecular formula is C25H31N3OS. The van der Waals surface area contributed by atoms with Crippen LogP contribution in [0.5, 0.6) is 0 Å². The number of likely N-dealkylation sites (tertiary alicyclic amines) is 1. The highest BCUT2D eigenvalue weighted by Crippen LogP contribution is 2.32. The van der Waals surface area contributed by atoms with Gasteiger partial charge in [0.25, 0.3) is 5.91 Å². The number of nitrogens with zero attached hydrogens (tertiary/aromatic N) is 3. The number of aliphatic imine (C=N–C) groups is 1. The predicted octanol–water partition coefficient (Wildman–Crippen LogP) is 5.74. The molecule has 5 heteroatoms. The summed E-state index contributed by atoms with van der Waals surface area (Å²) in [6.45, 7) is 7.28. The van der Waals surface area contributed by atoms with E-state index in [0.29, 0.717) is 12.4 Å². The maximum absolute atomic E-state index is 13.3. The molecule has 1 amide bonds. The number of fused-ring (bicyclic) bond motifs is 1. The van der Waals surface area contributed by atoms with Gasteiger partial charge in [-0.2, -0.15) is 0 Å². The van der Waals surface area contributed by atoms with E-state index in [4.69, 9.17) is 4.99 Å². The van der Waals surface area contributed by atoms with Crippen LogP contribution in [-0.4, -0.2) is 42.0 Å². The minimum Gasteiger partial charge on any atom is -0.293 e. The Kier molecular flexibility index (Phi) is 6.90. The van der Waals surface area contributed by atoms with Crippen molar-refractivity contribution in [3.8, 4) is 0 Å². The van der Waals surface area contributed by atoms with Crippen LogP contribution < -0.4 is 4.90 Å². The first kappa shape index (κ1) is 21.1. The standard InChI is InChI=1S/C25H31N3OS/c1-3-4-17-30-21-11-9-20(10-12-21)26-24-22-7-5-6-8-23(22)28(25(24)29)18-27-15-13-19(2)14-16-27/h5-12,19H,3-4,13-18H2,1-2H3. The van der Waals surface area contributed by atoms with Gasteiger partial charge >= 0.3 is 0 Å². The zero-order valence-electron chi connectivity index (χ0n) is 18.0. The molecule has 4 rings (SSSR count). The minimum absolute atomic E-state index is 0.0104. The van der Waals surface area contributed by atoms with Gasteiger partial charge in [0.2, 0.25) is 0 Å². The lowest BCUT2D eigenvalue weighted by Gasteiger charge is -2.33. The molecule has 1 saturated heterocycles. The van der Waals surface area contributed by atoms with E-state index < -0.39 is 0 Å². The number of unbranched alkanes of at least 4 members (excludes halogenated alkanes) is 1. The van der Waals surface area contributed by atoms with E-state index in [2.05, 4.69) is 30.9 Å². The number of rotatable bonds is 7. The molecule has 2 aliphatic rings. The van der Waals surface area contributed by atoms with Gasteiger partial charge in [-0.05, 0) is 61.3 Å². The van der Waals surface area contributed by atoms with E-state index >= 15 is 0 Å². The molecule has 0 unspecified atom stereocenters. The van der Waals surface area contributed by atoms with Crippen molar-refractivity contribution in [3.63, 3.8) is 0 Å². The van der Waals surface area contributed by atoms with Crippen LogP contribution in [0.2, 0.25) is 0 Å². The van der Waals surface area contributed by atoms with Crippen LogP contribution in [0.3, 0.4) is 0 Å². The quantitative estimate of drug-likeness (QED) is 0.423. The van der Waals surface area contributed by atoms with Gasteiger partial charge in [-0.1, -0.05) is 38.5 Å². The van der Waals surface area contributed by atoms with Gasteiger partial charge in [-0.25, -0.2) is 4.99 Å². The van der Waals surface area contributed by atoms with Crippen LogP contribution in [0.4, 0.5) is 11.4 Å². The van der Waals surface area contributed by atoms with E-state index in [-0.39, 0.29) is 5.91 Å². The number of anilines is 1. The highest BCUT2D eigenvalue weighted by molar-refractivity contribution is 7.99. The molecule has 1 fully saturated rings. The molecule has 30 heavy (non-hydrogen) atoms. The largest absolute Gasteiger partial charge is 0.293 e. The fourth-order valence-electron chi connectivity index (χ4n) is 3.99. The SMILES string of the molecule is CCCCSc1ccc(N=C2C(=O)N(CN3CCC(C)CC3)c3ccccc32)cc1. The van der Waals surface area contributed by atoms with E-state index in [1.807, 2.05) is 53.1 Å². The van der Waals surface area contributed by atoms with Crippen molar-refractivity contribution in [2.75, 3.05) is 30.4 Å². The summed E-state index contributed by atoms with van der Waals surface area (Å²) in [5.74, 6) is 1.93. The van der Waals surface area contributed by atoms with E-state index in [9.17, 15) is 4.79 Å². The Hall–Kier alpha value is -2.11. The topological polar surface area (TPSA) is 35.9 Å². The molecule has 0 radical (unpaired) electrons. The summed E-state index contributed by atoms with van der Waals surface area (Å²) < 4.78 is 0. The average Bonchev–Trinajstić information content (AvgIpc) is 3.02. The zero-order chi connectivity index (χ0) is 20.9. The summed E-state index contributed by atoms with van der Waals surface area (Å²) in [6.07, 6.45) is 4.85. The van der Waals surface area contributed by atoms with Crippen LogP contribution >= 0.6 is 11.8 Å². The van der Waals surface area contributed by atoms with Crippen molar-refractivity contribution in [1.82, 2.24) is 4.90 Å². The van der Waals surface area contributed by atoms with Crippen LogP contribution in [0.25, 0.3) is 0 Å². The summed E-state index contributed by atoms with van der Waals surface area (Å²) in [5.41, 5.74) is 3.31. The molecule has 2 aromatic carbocycles. The number of hydrogen-bond donors (Lipinski definition) is 0. The number of amides is 1. The third-order valence-corrected chi connectivity index (χ3v) is 7.06. The Morgan fingerprint density at radius 2 is 1.80 bits per heavy atom. The molecule has 2 aliphatic heterocycles. The smallest absolute Gasteiger partial charge is 0.278 e. The van der Waals surface area contributed by atoms with Gasteiger partial charge in [-0.15, -0.1) is 11.8 Å². The summed E-state index contributed by atoms with van der Waals surface area (Å²) in [6, 6.07) is 16.3. The third kappa shape index (κ3) is 4.79. The predicted molar refractivity (Wildman–Crippen MR) is 127 cm³/mol. The maximum atomic E-state index is 13.3. The van der Waals surface area contributed by atoms with Gasteiger partial charge in [-0.3, -0.25) is 14.6 Å². The second-order valence-corrected chi connectivity index (χ2v) is 9.52. The van der Waals surface area contributed by atoms with Crippen molar-refractivity contribution in [3.05, 3.63) is 54.1 Å². The van der Waals surface area contributed by atoms with E-state index in [0.717, 1.165) is 41.7 Å². The normalized spacial score (nSPS) is 18.9. The number of hydrogen-bond acceptors (Lipinski definition) is 4. The molecule has 158 valence electrons. The van der Waals surface area contributed by atoms with Crippen LogP contribution in [0.1, 0.15) is 45.1 Å². The zero-order valence-corrected chi connectivity index (χ0v) is 18.8. The third-order valence-electron chi connectivity index (χ3n) is 5.96. The highest BCUT2D eigenvalue weighted by atomic mass is 32.2. The van der Waals surface area contributed by atoms with Crippen molar-refractivity contribution in [2.45, 2.75) is 44.4 Å². The maximum Gasteiger partial charge on any atom is 0.278 e. The first-order valence-corrected chi connectivity index (χ1v) is 12.1. The summed E-state index contributed by atoms with van der Waals surface area (Å²) in [7, 11) is 0. The second-order valence-electron chi connectivity index (χ2n) is 8.35. The van der Waals surface area contributed by atoms with Crippen LogP contribution in [0, 0.1) is 5.92 Å². The molecule has 0 atom stereocenters. The van der Waals surface area contributed by atoms with E-state index in [1.165, 1.54) is 30.6 Å². The number of piperidine rings is 1. The van der Waals surface area contributed by atoms with Gasteiger partial charge in [0.1, 0.15) is 5.71 Å². The average molecular weight is 422 g/mol. The number of benzene rings is 2. The summed E-state index contributed by atoms with van der Waals surface area (Å²) in [4.78, 5) is 23.6. The molecule has 4 nitrogen and oxygen atoms in total. The molecule has 0 spiro atoms. The fourth-order valence-corrected chi connectivity index (χ4v) is 4.99. The monoisotopic (exact) mass is 421 g/mol. The lowest BCUT2D eigenvalue weighted by Crippen LogP contribution is -2.44. The molecule has 0 aliphatic carbocycles. The highest BCUT2D eigenvalue weighted by Gasteiger charge is 2.35. The van der Waals surface area contributed by atoms with Gasteiger partial charge in [0, 0.05) is 23.5 Å². The van der Waals surface area contributed by atoms with Crippen molar-refractivity contribution in [1.29, 1.82) is 0 Å². The minimum atomic E-state index is 0.0104. The lowest BCUT2D eigenvalue weighted by atomic mass is 10.00. The Bertz CT molecular complexity index is 901. The van der Waals surface area contributed by atoms with E-state index in [1.54, 1.807) is 0 Å². The molecule has 2 aromatic rings. The lowest BCUT2D eigenvalue weighted by molar-refractivity contribution is -0.112. The summed E-state index contributed by atoms with van der Waals surface area (Å²) in [5, 5.41) is 0. The molecule has 0 N–H and O–H groups in total. The fraction of sp³-hybridized carbons (Fsp3) is 0.440. The van der Waals surface area contributed by atoms with Crippen molar-refractivity contribution < 1.29 is 4.79 Å². The number of thioether (sulfide) groups is 1. The van der Waals surface area contributed by atoms with Crippen molar-refractivity contribution >= 4 is 34.8 Å². The Morgan fingerprint density at radius 1 is 1.07 bits per heavy atom. The van der Waals surface area contributed by atoms with Gasteiger partial charge in [0.15, 0.2) is 0 Å². The van der Waals surface area contributed by atoms with Gasteiger partial charge < -0.3 is 0 Å². The Morgan fingerprint density at radius 3 is 2.53 bits per heavy atom. The first-order valence-electron chi connectivity index (χ1n) is 11.1. The molecular weight excluding hydrogens is 390 g/mol. The summed E-state index contributed by atoms with van der Waals surface area (Å²) >= 11 is 1.88. The van der Waals surface area contributed by atoms with Gasteiger partial charge in [0.05, 0.1) is 18.0 Å². The number of para-hydroxylation sites is 1. The first-order chi connectivity index (χ1) is 14.7. The van der Waals surface area contributed by atoms with Crippen LogP contribution in [0.15, 0.2) is 58.4 Å². The van der Waals surface area contributed by atoms with Crippen LogP contribution in [-0.2, 0) is 4.79 Å². The molecule has 0 bridgehead atoms. The molecule has 0 aromatic heterocycles. The Balaban J connectivity index is 1.53. The molecule has 2 heterocycles. The second kappa shape index (κ2) is 9.80. The Labute approximate surface area is 184 Å². The molecule has 0 saturated carbocycles. The number of carbonyl (C=O) groups excluding carboxylic acids is 1.